The molecule has 1 heterocycles. The normalized spacial score (nSPS) is 10.5. The Morgan fingerprint density at radius 1 is 1.27 bits per heavy atom. The molecular weight excluding hydrogens is 372 g/mol. The molecule has 0 atom stereocenters. The molecule has 1 N–H and O–H groups in total. The number of hydrogen-bond donors (Lipinski definition) is 1. The summed E-state index contributed by atoms with van der Waals surface area (Å²) >= 11 is 7.37. The third kappa shape index (κ3) is 4.56. The van der Waals surface area contributed by atoms with E-state index in [-0.39, 0.29) is 5.91 Å². The van der Waals surface area contributed by atoms with E-state index in [9.17, 15) is 4.79 Å². The third-order valence-corrected chi connectivity index (χ3v) is 4.71. The summed E-state index contributed by atoms with van der Waals surface area (Å²) in [5.41, 5.74) is 1.54. The molecule has 134 valence electrons. The summed E-state index contributed by atoms with van der Waals surface area (Å²) in [6, 6.07) is 14.7. The van der Waals surface area contributed by atoms with Gasteiger partial charge in [0.25, 0.3) is 0 Å². The molecule has 0 fully saturated rings. The number of hydrogen-bond acceptors (Lipinski definition) is 5. The molecule has 0 bridgehead atoms. The van der Waals surface area contributed by atoms with Crippen LogP contribution in [0.25, 0.3) is 5.69 Å². The van der Waals surface area contributed by atoms with Gasteiger partial charge in [-0.1, -0.05) is 41.6 Å². The summed E-state index contributed by atoms with van der Waals surface area (Å²) in [6.45, 7) is 0. The fraction of sp³-hybridized carbons (Fsp3) is 0.167. The first-order chi connectivity index (χ1) is 12.7. The minimum Gasteiger partial charge on any atom is -0.495 e. The summed E-state index contributed by atoms with van der Waals surface area (Å²) in [4.78, 5) is 12.1. The van der Waals surface area contributed by atoms with Crippen molar-refractivity contribution in [1.29, 1.82) is 0 Å². The fourth-order valence-corrected chi connectivity index (χ4v) is 3.39. The molecule has 0 radical (unpaired) electrons. The number of amides is 1. The Kier molecular flexibility index (Phi) is 6.14. The number of nitrogens with zero attached hydrogens (tertiary/aromatic N) is 3. The molecule has 2 aromatic carbocycles. The summed E-state index contributed by atoms with van der Waals surface area (Å²) in [7, 11) is 1.62. The van der Waals surface area contributed by atoms with Gasteiger partial charge in [-0.15, -0.1) is 10.2 Å². The van der Waals surface area contributed by atoms with Crippen LogP contribution in [-0.2, 0) is 4.79 Å². The van der Waals surface area contributed by atoms with E-state index in [1.165, 1.54) is 11.8 Å². The lowest BCUT2D eigenvalue weighted by atomic mass is 10.3. The van der Waals surface area contributed by atoms with Crippen LogP contribution in [0.3, 0.4) is 0 Å². The first kappa shape index (κ1) is 18.3. The third-order valence-electron chi connectivity index (χ3n) is 3.53. The number of methoxy groups -OCH3 is 1. The van der Waals surface area contributed by atoms with Crippen LogP contribution in [-0.4, -0.2) is 33.5 Å². The van der Waals surface area contributed by atoms with Crippen LogP contribution in [0.4, 0.5) is 5.69 Å². The summed E-state index contributed by atoms with van der Waals surface area (Å²) in [5.74, 6) is 1.22. The molecule has 8 heteroatoms. The van der Waals surface area contributed by atoms with Crippen molar-refractivity contribution in [1.82, 2.24) is 14.8 Å². The molecule has 0 saturated heterocycles. The van der Waals surface area contributed by atoms with Crippen molar-refractivity contribution in [3.63, 3.8) is 0 Å². The Morgan fingerprint density at radius 3 is 2.92 bits per heavy atom. The smallest absolute Gasteiger partial charge is 0.225 e. The van der Waals surface area contributed by atoms with Gasteiger partial charge in [0, 0.05) is 22.9 Å². The zero-order valence-electron chi connectivity index (χ0n) is 14.1. The van der Waals surface area contributed by atoms with Gasteiger partial charge >= 0.3 is 0 Å². The van der Waals surface area contributed by atoms with Crippen molar-refractivity contribution in [2.75, 3.05) is 18.2 Å². The number of benzene rings is 2. The van der Waals surface area contributed by atoms with E-state index in [4.69, 9.17) is 16.3 Å². The highest BCUT2D eigenvalue weighted by atomic mass is 35.5. The second-order valence-electron chi connectivity index (χ2n) is 5.31. The second-order valence-corrected chi connectivity index (χ2v) is 6.81. The predicted octanol–water partition coefficient (Wildman–Crippen LogP) is 4.05. The maximum absolute atomic E-state index is 12.1. The molecule has 0 unspecified atom stereocenters. The average molecular weight is 389 g/mol. The second kappa shape index (κ2) is 8.73. The van der Waals surface area contributed by atoms with Gasteiger partial charge in [0.1, 0.15) is 12.1 Å². The van der Waals surface area contributed by atoms with E-state index in [0.29, 0.717) is 28.0 Å². The number of anilines is 1. The van der Waals surface area contributed by atoms with Gasteiger partial charge in [0.2, 0.25) is 5.91 Å². The molecule has 0 aliphatic carbocycles. The zero-order chi connectivity index (χ0) is 18.4. The highest BCUT2D eigenvalue weighted by Crippen LogP contribution is 2.26. The van der Waals surface area contributed by atoms with Crippen molar-refractivity contribution < 1.29 is 9.53 Å². The van der Waals surface area contributed by atoms with Gasteiger partial charge in [0.15, 0.2) is 5.16 Å². The lowest BCUT2D eigenvalue weighted by molar-refractivity contribution is -0.115. The zero-order valence-corrected chi connectivity index (χ0v) is 15.6. The van der Waals surface area contributed by atoms with Crippen LogP contribution in [0.15, 0.2) is 60.0 Å². The number of carbonyl (C=O) groups excluding carboxylic acids is 1. The van der Waals surface area contributed by atoms with E-state index in [0.717, 1.165) is 11.4 Å². The summed E-state index contributed by atoms with van der Waals surface area (Å²) in [6.07, 6.45) is 1.97. The quantitative estimate of drug-likeness (QED) is 0.618. The number of aromatic nitrogens is 3. The van der Waals surface area contributed by atoms with Gasteiger partial charge in [-0.3, -0.25) is 9.36 Å². The maximum Gasteiger partial charge on any atom is 0.225 e. The van der Waals surface area contributed by atoms with Crippen LogP contribution < -0.4 is 10.1 Å². The number of para-hydroxylation sites is 2. The highest BCUT2D eigenvalue weighted by molar-refractivity contribution is 7.99. The van der Waals surface area contributed by atoms with Crippen molar-refractivity contribution in [3.05, 3.63) is 59.9 Å². The van der Waals surface area contributed by atoms with Crippen LogP contribution in [0.1, 0.15) is 6.42 Å². The highest BCUT2D eigenvalue weighted by Gasteiger charge is 2.12. The summed E-state index contributed by atoms with van der Waals surface area (Å²) in [5, 5.41) is 12.2. The Morgan fingerprint density at radius 2 is 2.12 bits per heavy atom. The Labute approximate surface area is 160 Å². The monoisotopic (exact) mass is 388 g/mol. The number of rotatable bonds is 7. The van der Waals surface area contributed by atoms with Gasteiger partial charge in [0.05, 0.1) is 12.8 Å². The van der Waals surface area contributed by atoms with Crippen molar-refractivity contribution in [3.8, 4) is 11.4 Å². The maximum atomic E-state index is 12.1. The van der Waals surface area contributed by atoms with Crippen molar-refractivity contribution in [2.24, 2.45) is 0 Å². The van der Waals surface area contributed by atoms with Crippen LogP contribution in [0, 0.1) is 0 Å². The number of halogens is 1. The standard InChI is InChI=1S/C18H17ClN4O2S/c1-25-16-8-3-2-7-15(16)23-12-20-22-18(23)26-10-9-17(24)21-14-6-4-5-13(19)11-14/h2-8,11-12H,9-10H2,1H3,(H,21,24). The largest absolute Gasteiger partial charge is 0.495 e. The molecule has 0 aliphatic heterocycles. The van der Waals surface area contributed by atoms with E-state index in [1.807, 2.05) is 28.8 Å². The van der Waals surface area contributed by atoms with Crippen molar-refractivity contribution >= 4 is 35.0 Å². The van der Waals surface area contributed by atoms with Crippen molar-refractivity contribution in [2.45, 2.75) is 11.6 Å². The van der Waals surface area contributed by atoms with Crippen LogP contribution in [0.5, 0.6) is 5.75 Å². The molecule has 0 aliphatic rings. The lowest BCUT2D eigenvalue weighted by Gasteiger charge is -2.10. The van der Waals surface area contributed by atoms with E-state index in [1.54, 1.807) is 37.7 Å². The molecule has 3 aromatic rings. The number of thioether (sulfide) groups is 1. The van der Waals surface area contributed by atoms with E-state index >= 15 is 0 Å². The van der Waals surface area contributed by atoms with Crippen LogP contribution in [0.2, 0.25) is 5.02 Å². The first-order valence-corrected chi connectivity index (χ1v) is 9.25. The fourth-order valence-electron chi connectivity index (χ4n) is 2.34. The lowest BCUT2D eigenvalue weighted by Crippen LogP contribution is -2.12. The van der Waals surface area contributed by atoms with E-state index < -0.39 is 0 Å². The van der Waals surface area contributed by atoms with Gasteiger partial charge in [-0.2, -0.15) is 0 Å². The molecule has 26 heavy (non-hydrogen) atoms. The van der Waals surface area contributed by atoms with Gasteiger partial charge < -0.3 is 10.1 Å². The van der Waals surface area contributed by atoms with Crippen LogP contribution >= 0.6 is 23.4 Å². The number of carbonyl (C=O) groups is 1. The number of nitrogens with one attached hydrogen (secondary N) is 1. The Hall–Kier alpha value is -2.51. The molecule has 1 amide bonds. The predicted molar refractivity (Wildman–Crippen MR) is 103 cm³/mol. The average Bonchev–Trinajstić information content (AvgIpc) is 3.10. The Balaban J connectivity index is 1.59. The minimum absolute atomic E-state index is 0.0804. The molecular formula is C18H17ClN4O2S. The van der Waals surface area contributed by atoms with Gasteiger partial charge in [-0.05, 0) is 30.3 Å². The SMILES string of the molecule is COc1ccccc1-n1cnnc1SCCC(=O)Nc1cccc(Cl)c1. The molecule has 0 spiro atoms. The minimum atomic E-state index is -0.0804. The van der Waals surface area contributed by atoms with E-state index in [2.05, 4.69) is 15.5 Å². The van der Waals surface area contributed by atoms with Gasteiger partial charge in [-0.25, -0.2) is 0 Å². The number of ether oxygens (including phenoxy) is 1. The summed E-state index contributed by atoms with van der Waals surface area (Å²) < 4.78 is 7.23. The first-order valence-electron chi connectivity index (χ1n) is 7.89. The Bertz CT molecular complexity index is 900. The molecule has 6 nitrogen and oxygen atoms in total. The molecule has 1 aromatic heterocycles. The topological polar surface area (TPSA) is 69.0 Å². The molecule has 3 rings (SSSR count). The molecule has 0 saturated carbocycles.